The summed E-state index contributed by atoms with van der Waals surface area (Å²) in [5.41, 5.74) is 3.51. The van der Waals surface area contributed by atoms with Crippen molar-refractivity contribution < 1.29 is 0 Å². The molecule has 3 aromatic rings. The molecule has 1 atom stereocenters. The molecular formula is C17H16N6. The van der Waals surface area contributed by atoms with Crippen molar-refractivity contribution in [2.24, 2.45) is 0 Å². The van der Waals surface area contributed by atoms with Crippen molar-refractivity contribution >= 4 is 16.9 Å². The van der Waals surface area contributed by atoms with Crippen molar-refractivity contribution in [1.29, 1.82) is 5.26 Å². The van der Waals surface area contributed by atoms with Gasteiger partial charge in [-0.2, -0.15) is 10.4 Å². The van der Waals surface area contributed by atoms with E-state index >= 15 is 0 Å². The monoisotopic (exact) mass is 304 g/mol. The predicted molar refractivity (Wildman–Crippen MR) is 86.7 cm³/mol. The van der Waals surface area contributed by atoms with E-state index in [-0.39, 0.29) is 6.04 Å². The van der Waals surface area contributed by atoms with Gasteiger partial charge >= 0.3 is 0 Å². The average Bonchev–Trinajstić information content (AvgIpc) is 3.18. The maximum absolute atomic E-state index is 8.74. The predicted octanol–water partition coefficient (Wildman–Crippen LogP) is 2.84. The molecule has 0 spiro atoms. The topological polar surface area (TPSA) is 79.4 Å². The molecule has 2 aromatic heterocycles. The largest absolute Gasteiger partial charge is 0.363 e. The number of benzene rings is 1. The Balaban J connectivity index is 1.65. The molecule has 0 amide bonds. The second kappa shape index (κ2) is 5.69. The van der Waals surface area contributed by atoms with E-state index < -0.39 is 0 Å². The number of hydrogen-bond acceptors (Lipinski definition) is 5. The minimum Gasteiger partial charge on any atom is -0.363 e. The molecule has 4 rings (SSSR count). The van der Waals surface area contributed by atoms with E-state index in [0.717, 1.165) is 29.7 Å². The smallest absolute Gasteiger partial charge is 0.163 e. The van der Waals surface area contributed by atoms with Crippen LogP contribution in [-0.4, -0.2) is 19.7 Å². The summed E-state index contributed by atoms with van der Waals surface area (Å²) in [6.45, 7) is 0.544. The molecule has 6 nitrogen and oxygen atoms in total. The van der Waals surface area contributed by atoms with Crippen molar-refractivity contribution in [2.75, 3.05) is 5.32 Å². The first-order valence-electron chi connectivity index (χ1n) is 7.74. The summed E-state index contributed by atoms with van der Waals surface area (Å²) in [7, 11) is 0. The fourth-order valence-electron chi connectivity index (χ4n) is 3.20. The van der Waals surface area contributed by atoms with E-state index in [1.165, 1.54) is 11.1 Å². The van der Waals surface area contributed by atoms with Crippen LogP contribution in [0.3, 0.4) is 0 Å². The van der Waals surface area contributed by atoms with Crippen LogP contribution in [-0.2, 0) is 13.0 Å². The molecule has 1 unspecified atom stereocenters. The van der Waals surface area contributed by atoms with Crippen LogP contribution in [0.1, 0.15) is 30.0 Å². The summed E-state index contributed by atoms with van der Waals surface area (Å²) in [6.07, 6.45) is 5.89. The molecule has 1 aliphatic rings. The zero-order chi connectivity index (χ0) is 15.6. The van der Waals surface area contributed by atoms with Crippen LogP contribution < -0.4 is 5.32 Å². The van der Waals surface area contributed by atoms with E-state index in [4.69, 9.17) is 5.26 Å². The highest BCUT2D eigenvalue weighted by Crippen LogP contribution is 2.34. The lowest BCUT2D eigenvalue weighted by atomic mass is 10.1. The summed E-state index contributed by atoms with van der Waals surface area (Å²) < 4.78 is 1.76. The van der Waals surface area contributed by atoms with Gasteiger partial charge in [0.05, 0.1) is 36.7 Å². The summed E-state index contributed by atoms with van der Waals surface area (Å²) in [5.74, 6) is 0.805. The normalized spacial score (nSPS) is 16.2. The molecule has 1 aliphatic carbocycles. The van der Waals surface area contributed by atoms with Crippen LogP contribution >= 0.6 is 0 Å². The zero-order valence-corrected chi connectivity index (χ0v) is 12.6. The second-order valence-electron chi connectivity index (χ2n) is 5.67. The van der Waals surface area contributed by atoms with Gasteiger partial charge in [0.25, 0.3) is 0 Å². The Morgan fingerprint density at radius 3 is 3.13 bits per heavy atom. The number of rotatable bonds is 4. The first-order chi connectivity index (χ1) is 11.4. The molecule has 0 saturated heterocycles. The number of aryl methyl sites for hydroxylation is 2. The lowest BCUT2D eigenvalue weighted by Crippen LogP contribution is -2.09. The molecule has 114 valence electrons. The highest BCUT2D eigenvalue weighted by Gasteiger charge is 2.23. The molecule has 0 fully saturated rings. The van der Waals surface area contributed by atoms with Gasteiger partial charge in [-0.15, -0.1) is 0 Å². The SMILES string of the molecule is N#CCCn1ncc2c(NC3CCc4ccccc43)ncnc21. The molecule has 1 N–H and O–H groups in total. The Bertz CT molecular complexity index is 891. The van der Waals surface area contributed by atoms with Crippen molar-refractivity contribution in [3.05, 3.63) is 47.9 Å². The van der Waals surface area contributed by atoms with Crippen LogP contribution in [0.5, 0.6) is 0 Å². The molecule has 1 aromatic carbocycles. The van der Waals surface area contributed by atoms with E-state index in [9.17, 15) is 0 Å². The molecule has 0 saturated carbocycles. The van der Waals surface area contributed by atoms with Gasteiger partial charge in [0.15, 0.2) is 5.65 Å². The molecule has 6 heteroatoms. The second-order valence-corrected chi connectivity index (χ2v) is 5.67. The third kappa shape index (κ3) is 2.40. The highest BCUT2D eigenvalue weighted by molar-refractivity contribution is 5.86. The number of anilines is 1. The molecular weight excluding hydrogens is 288 g/mol. The Labute approximate surface area is 133 Å². The summed E-state index contributed by atoms with van der Waals surface area (Å²) in [4.78, 5) is 8.71. The van der Waals surface area contributed by atoms with Gasteiger partial charge in [-0.1, -0.05) is 24.3 Å². The fraction of sp³-hybridized carbons (Fsp3) is 0.294. The number of aromatic nitrogens is 4. The van der Waals surface area contributed by atoms with Crippen molar-refractivity contribution in [2.45, 2.75) is 31.8 Å². The van der Waals surface area contributed by atoms with Gasteiger partial charge in [0, 0.05) is 0 Å². The number of fused-ring (bicyclic) bond motifs is 2. The van der Waals surface area contributed by atoms with E-state index in [1.807, 2.05) is 0 Å². The van der Waals surface area contributed by atoms with Crippen LogP contribution in [0.25, 0.3) is 11.0 Å². The minimum atomic E-state index is 0.270. The number of hydrogen-bond donors (Lipinski definition) is 1. The number of nitrogens with zero attached hydrogens (tertiary/aromatic N) is 5. The highest BCUT2D eigenvalue weighted by atomic mass is 15.3. The summed E-state index contributed by atoms with van der Waals surface area (Å²) in [5, 5.41) is 17.5. The van der Waals surface area contributed by atoms with Crippen LogP contribution in [0.15, 0.2) is 36.8 Å². The molecule has 23 heavy (non-hydrogen) atoms. The number of nitriles is 1. The van der Waals surface area contributed by atoms with Crippen LogP contribution in [0, 0.1) is 11.3 Å². The zero-order valence-electron chi connectivity index (χ0n) is 12.6. The first-order valence-corrected chi connectivity index (χ1v) is 7.74. The number of nitrogens with one attached hydrogen (secondary N) is 1. The van der Waals surface area contributed by atoms with Crippen molar-refractivity contribution in [3.8, 4) is 6.07 Å². The molecule has 0 aliphatic heterocycles. The van der Waals surface area contributed by atoms with Crippen molar-refractivity contribution in [1.82, 2.24) is 19.7 Å². The van der Waals surface area contributed by atoms with Gasteiger partial charge in [-0.3, -0.25) is 0 Å². The summed E-state index contributed by atoms with van der Waals surface area (Å²) >= 11 is 0. The van der Waals surface area contributed by atoms with Crippen LogP contribution in [0.4, 0.5) is 5.82 Å². The standard InChI is InChI=1S/C17H16N6/c18-8-3-9-23-17-14(10-21-23)16(19-11-20-17)22-15-7-6-12-4-1-2-5-13(12)15/h1-2,4-5,10-11,15H,3,6-7,9H2,(H,19,20,22). The quantitative estimate of drug-likeness (QED) is 0.801. The molecule has 2 heterocycles. The van der Waals surface area contributed by atoms with Crippen molar-refractivity contribution in [3.63, 3.8) is 0 Å². The maximum Gasteiger partial charge on any atom is 0.163 e. The Morgan fingerprint density at radius 1 is 1.30 bits per heavy atom. The van der Waals surface area contributed by atoms with Gasteiger partial charge in [0.1, 0.15) is 12.1 Å². The Kier molecular flexibility index (Phi) is 3.39. The Morgan fingerprint density at radius 2 is 2.22 bits per heavy atom. The summed E-state index contributed by atoms with van der Waals surface area (Å²) in [6, 6.07) is 10.9. The van der Waals surface area contributed by atoms with Gasteiger partial charge in [0.2, 0.25) is 0 Å². The van der Waals surface area contributed by atoms with E-state index in [2.05, 4.69) is 50.7 Å². The van der Waals surface area contributed by atoms with E-state index in [1.54, 1.807) is 17.2 Å². The fourth-order valence-corrected chi connectivity index (χ4v) is 3.20. The first kappa shape index (κ1) is 13.7. The minimum absolute atomic E-state index is 0.270. The maximum atomic E-state index is 8.74. The lowest BCUT2D eigenvalue weighted by molar-refractivity contribution is 0.643. The molecule has 0 bridgehead atoms. The third-order valence-electron chi connectivity index (χ3n) is 4.31. The third-order valence-corrected chi connectivity index (χ3v) is 4.31. The van der Waals surface area contributed by atoms with E-state index in [0.29, 0.717) is 13.0 Å². The van der Waals surface area contributed by atoms with Gasteiger partial charge in [-0.05, 0) is 24.0 Å². The lowest BCUT2D eigenvalue weighted by Gasteiger charge is -2.15. The van der Waals surface area contributed by atoms with Gasteiger partial charge in [-0.25, -0.2) is 14.6 Å². The Hall–Kier alpha value is -2.94. The average molecular weight is 304 g/mol. The van der Waals surface area contributed by atoms with Gasteiger partial charge < -0.3 is 5.32 Å². The molecule has 0 radical (unpaired) electrons. The van der Waals surface area contributed by atoms with Crippen LogP contribution in [0.2, 0.25) is 0 Å².